The Bertz CT molecular complexity index is 1140. The molecule has 0 N–H and O–H groups in total. The molecule has 1 aliphatic rings. The molecule has 2 aromatic rings. The Hall–Kier alpha value is -4.12. The van der Waals surface area contributed by atoms with Crippen molar-refractivity contribution in [3.05, 3.63) is 53.6 Å². The molecule has 3 rings (SSSR count). The standard InChI is InChI=1S/C28H31NO7/c1-19(2)28(30)34-12-8-6-5-7-11-33-27-25(31-3)14-20(15-26(27)32-4)13-22(17-29)21-9-10-23-24(16-21)36-18-35-23/h9-10,13-16H,1,5-8,11-12,18H2,2-4H3/b22-13+. The summed E-state index contributed by atoms with van der Waals surface area (Å²) in [5.74, 6) is 2.45. The lowest BCUT2D eigenvalue weighted by molar-refractivity contribution is -0.139. The fourth-order valence-corrected chi connectivity index (χ4v) is 3.56. The Morgan fingerprint density at radius 1 is 1.03 bits per heavy atom. The normalized spacial score (nSPS) is 12.0. The number of fused-ring (bicyclic) bond motifs is 1. The summed E-state index contributed by atoms with van der Waals surface area (Å²) in [5.41, 5.74) is 2.31. The van der Waals surface area contributed by atoms with Crippen molar-refractivity contribution in [2.45, 2.75) is 32.6 Å². The Balaban J connectivity index is 1.62. The van der Waals surface area contributed by atoms with E-state index in [1.165, 1.54) is 0 Å². The van der Waals surface area contributed by atoms with E-state index in [1.54, 1.807) is 51.5 Å². The zero-order chi connectivity index (χ0) is 25.9. The van der Waals surface area contributed by atoms with Gasteiger partial charge in [0.15, 0.2) is 23.0 Å². The van der Waals surface area contributed by atoms with Crippen LogP contribution in [0.4, 0.5) is 0 Å². The van der Waals surface area contributed by atoms with E-state index in [-0.39, 0.29) is 12.8 Å². The van der Waals surface area contributed by atoms with Gasteiger partial charge in [-0.15, -0.1) is 0 Å². The highest BCUT2D eigenvalue weighted by Gasteiger charge is 2.17. The van der Waals surface area contributed by atoms with Gasteiger partial charge in [-0.05, 0) is 80.1 Å². The first kappa shape index (κ1) is 26.5. The minimum Gasteiger partial charge on any atom is -0.493 e. The van der Waals surface area contributed by atoms with Crippen LogP contribution < -0.4 is 23.7 Å². The second-order valence-electron chi connectivity index (χ2n) is 8.17. The maximum absolute atomic E-state index is 11.4. The van der Waals surface area contributed by atoms with E-state index in [0.29, 0.717) is 53.1 Å². The fraction of sp³-hybridized carbons (Fsp3) is 0.357. The molecule has 0 spiro atoms. The number of unbranched alkanes of at least 4 members (excludes halogenated alkanes) is 3. The lowest BCUT2D eigenvalue weighted by atomic mass is 10.0. The third-order valence-corrected chi connectivity index (χ3v) is 5.46. The van der Waals surface area contributed by atoms with E-state index in [1.807, 2.05) is 6.07 Å². The van der Waals surface area contributed by atoms with E-state index in [4.69, 9.17) is 28.4 Å². The maximum atomic E-state index is 11.4. The van der Waals surface area contributed by atoms with Gasteiger partial charge in [-0.25, -0.2) is 4.79 Å². The van der Waals surface area contributed by atoms with E-state index in [2.05, 4.69) is 12.6 Å². The average Bonchev–Trinajstić information content (AvgIpc) is 3.36. The first-order chi connectivity index (χ1) is 17.5. The number of hydrogen-bond acceptors (Lipinski definition) is 8. The van der Waals surface area contributed by atoms with Gasteiger partial charge in [0, 0.05) is 5.57 Å². The third-order valence-electron chi connectivity index (χ3n) is 5.46. The zero-order valence-corrected chi connectivity index (χ0v) is 20.9. The molecule has 0 saturated carbocycles. The van der Waals surface area contributed by atoms with Gasteiger partial charge >= 0.3 is 5.97 Å². The molecule has 0 fully saturated rings. The minimum absolute atomic E-state index is 0.172. The topological polar surface area (TPSA) is 96.2 Å². The highest BCUT2D eigenvalue weighted by atomic mass is 16.7. The van der Waals surface area contributed by atoms with Gasteiger partial charge in [-0.3, -0.25) is 0 Å². The van der Waals surface area contributed by atoms with Crippen LogP contribution in [0.2, 0.25) is 0 Å². The second kappa shape index (κ2) is 13.1. The molecule has 8 nitrogen and oxygen atoms in total. The fourth-order valence-electron chi connectivity index (χ4n) is 3.56. The summed E-state index contributed by atoms with van der Waals surface area (Å²) in [6, 6.07) is 11.2. The molecular weight excluding hydrogens is 462 g/mol. The van der Waals surface area contributed by atoms with Gasteiger partial charge in [0.25, 0.3) is 0 Å². The van der Waals surface area contributed by atoms with Crippen LogP contribution in [0.5, 0.6) is 28.7 Å². The van der Waals surface area contributed by atoms with Crippen LogP contribution in [0.3, 0.4) is 0 Å². The highest BCUT2D eigenvalue weighted by molar-refractivity contribution is 5.91. The van der Waals surface area contributed by atoms with Crippen molar-refractivity contribution in [2.75, 3.05) is 34.2 Å². The summed E-state index contributed by atoms with van der Waals surface area (Å²) in [7, 11) is 3.12. The first-order valence-corrected chi connectivity index (χ1v) is 11.7. The molecule has 8 heteroatoms. The van der Waals surface area contributed by atoms with Crippen LogP contribution in [0, 0.1) is 11.3 Å². The molecule has 1 aliphatic heterocycles. The number of nitriles is 1. The first-order valence-electron chi connectivity index (χ1n) is 11.7. The molecular formula is C28H31NO7. The molecule has 0 aromatic heterocycles. The summed E-state index contributed by atoms with van der Waals surface area (Å²) in [5, 5.41) is 9.76. The molecule has 1 heterocycles. The lowest BCUT2D eigenvalue weighted by Crippen LogP contribution is -2.06. The Morgan fingerprint density at radius 3 is 2.33 bits per heavy atom. The number of benzene rings is 2. The van der Waals surface area contributed by atoms with Crippen molar-refractivity contribution in [1.29, 1.82) is 5.26 Å². The average molecular weight is 494 g/mol. The summed E-state index contributed by atoms with van der Waals surface area (Å²) in [4.78, 5) is 11.4. The monoisotopic (exact) mass is 493 g/mol. The number of ether oxygens (including phenoxy) is 6. The van der Waals surface area contributed by atoms with E-state index in [0.717, 1.165) is 36.8 Å². The van der Waals surface area contributed by atoms with Crippen LogP contribution in [-0.4, -0.2) is 40.2 Å². The van der Waals surface area contributed by atoms with Crippen molar-refractivity contribution in [3.63, 3.8) is 0 Å². The molecule has 36 heavy (non-hydrogen) atoms. The van der Waals surface area contributed by atoms with Crippen LogP contribution in [0.1, 0.15) is 43.7 Å². The maximum Gasteiger partial charge on any atom is 0.333 e. The van der Waals surface area contributed by atoms with Gasteiger partial charge in [-0.1, -0.05) is 6.58 Å². The number of hydrogen-bond donors (Lipinski definition) is 0. The summed E-state index contributed by atoms with van der Waals surface area (Å²) >= 11 is 0. The molecule has 0 bridgehead atoms. The molecule has 0 amide bonds. The predicted octanol–water partition coefficient (Wildman–Crippen LogP) is 5.56. The van der Waals surface area contributed by atoms with Crippen molar-refractivity contribution in [3.8, 4) is 34.8 Å². The van der Waals surface area contributed by atoms with Crippen LogP contribution in [-0.2, 0) is 9.53 Å². The zero-order valence-electron chi connectivity index (χ0n) is 20.9. The number of nitrogens with zero attached hydrogens (tertiary/aromatic N) is 1. The SMILES string of the molecule is C=C(C)C(=O)OCCCCCCOc1c(OC)cc(/C=C(\C#N)c2ccc3c(c2)OCO3)cc1OC. The minimum atomic E-state index is -0.353. The molecule has 0 unspecified atom stereocenters. The number of esters is 1. The summed E-state index contributed by atoms with van der Waals surface area (Å²) in [6.07, 6.45) is 5.22. The largest absolute Gasteiger partial charge is 0.493 e. The third kappa shape index (κ3) is 6.95. The number of allylic oxidation sites excluding steroid dienone is 1. The summed E-state index contributed by atoms with van der Waals surface area (Å²) in [6.45, 7) is 6.24. The predicted molar refractivity (Wildman–Crippen MR) is 135 cm³/mol. The molecule has 0 radical (unpaired) electrons. The van der Waals surface area contributed by atoms with Gasteiger partial charge in [0.05, 0.1) is 39.1 Å². The number of carbonyl (C=O) groups is 1. The van der Waals surface area contributed by atoms with Gasteiger partial charge in [0.2, 0.25) is 12.5 Å². The Kier molecular flexibility index (Phi) is 9.64. The van der Waals surface area contributed by atoms with E-state index < -0.39 is 0 Å². The quantitative estimate of drug-likeness (QED) is 0.118. The van der Waals surface area contributed by atoms with E-state index >= 15 is 0 Å². The number of carbonyl (C=O) groups excluding carboxylic acids is 1. The van der Waals surface area contributed by atoms with Crippen LogP contribution >= 0.6 is 0 Å². The van der Waals surface area contributed by atoms with Gasteiger partial charge < -0.3 is 28.4 Å². The van der Waals surface area contributed by atoms with Crippen LogP contribution in [0.15, 0.2) is 42.5 Å². The van der Waals surface area contributed by atoms with Gasteiger partial charge in [-0.2, -0.15) is 5.26 Å². The molecule has 0 aliphatic carbocycles. The molecule has 2 aromatic carbocycles. The Morgan fingerprint density at radius 2 is 1.69 bits per heavy atom. The van der Waals surface area contributed by atoms with Crippen molar-refractivity contribution >= 4 is 17.6 Å². The smallest absolute Gasteiger partial charge is 0.333 e. The van der Waals surface area contributed by atoms with Crippen molar-refractivity contribution < 1.29 is 33.2 Å². The molecule has 0 saturated heterocycles. The van der Waals surface area contributed by atoms with Crippen LogP contribution in [0.25, 0.3) is 11.6 Å². The lowest BCUT2D eigenvalue weighted by Gasteiger charge is -2.15. The number of rotatable bonds is 13. The van der Waals surface area contributed by atoms with Crippen molar-refractivity contribution in [2.24, 2.45) is 0 Å². The highest BCUT2D eigenvalue weighted by Crippen LogP contribution is 2.40. The summed E-state index contributed by atoms with van der Waals surface area (Å²) < 4.78 is 33.0. The van der Waals surface area contributed by atoms with E-state index in [9.17, 15) is 10.1 Å². The number of methoxy groups -OCH3 is 2. The molecule has 0 atom stereocenters. The molecule has 190 valence electrons. The van der Waals surface area contributed by atoms with Gasteiger partial charge in [0.1, 0.15) is 0 Å². The van der Waals surface area contributed by atoms with Crippen molar-refractivity contribution in [1.82, 2.24) is 0 Å². The Labute approximate surface area is 211 Å². The second-order valence-corrected chi connectivity index (χ2v) is 8.17.